The van der Waals surface area contributed by atoms with E-state index in [0.29, 0.717) is 12.5 Å². The van der Waals surface area contributed by atoms with Gasteiger partial charge in [-0.05, 0) is 6.92 Å². The highest BCUT2D eigenvalue weighted by atomic mass is 16.6. The van der Waals surface area contributed by atoms with E-state index < -0.39 is 0 Å². The molecule has 1 N–H and O–H groups in total. The Morgan fingerprint density at radius 1 is 1.82 bits per heavy atom. The highest BCUT2D eigenvalue weighted by Gasteiger charge is 2.29. The van der Waals surface area contributed by atoms with Gasteiger partial charge in [-0.2, -0.15) is 5.10 Å². The van der Waals surface area contributed by atoms with Crippen LogP contribution in [0.2, 0.25) is 0 Å². The third kappa shape index (κ3) is 1.21. The molecule has 0 bridgehead atoms. The summed E-state index contributed by atoms with van der Waals surface area (Å²) in [6.07, 6.45) is 2.06. The van der Waals surface area contributed by atoms with Gasteiger partial charge in [0.15, 0.2) is 0 Å². The van der Waals surface area contributed by atoms with Gasteiger partial charge < -0.3 is 9.47 Å². The molecular formula is C7H10N2O2. The molecule has 2 atom stereocenters. The molecule has 4 nitrogen and oxygen atoms in total. The number of H-pyrrole nitrogens is 1. The van der Waals surface area contributed by atoms with E-state index in [0.717, 1.165) is 0 Å². The molecule has 0 aromatic carbocycles. The Morgan fingerprint density at radius 2 is 2.73 bits per heavy atom. The van der Waals surface area contributed by atoms with Gasteiger partial charge in [-0.25, -0.2) is 5.10 Å². The van der Waals surface area contributed by atoms with Crippen molar-refractivity contribution in [2.75, 3.05) is 6.61 Å². The second-order valence-electron chi connectivity index (χ2n) is 2.62. The van der Waals surface area contributed by atoms with Crippen LogP contribution in [0.3, 0.4) is 0 Å². The standard InChI is InChI=1S/C7H10N2O2/c1-5-6(4-10-5)11-7-2-3-8-9-7/h2-3,5-6H,4H2,1H3,(H,8,9)/t5-,6+/m0/s1. The number of aromatic nitrogens is 2. The van der Waals surface area contributed by atoms with Gasteiger partial charge in [0.1, 0.15) is 6.10 Å². The van der Waals surface area contributed by atoms with Crippen LogP contribution in [0.25, 0.3) is 0 Å². The van der Waals surface area contributed by atoms with Crippen molar-refractivity contribution in [2.24, 2.45) is 0 Å². The fourth-order valence-electron chi connectivity index (χ4n) is 0.969. The van der Waals surface area contributed by atoms with Crippen LogP contribution in [0.4, 0.5) is 0 Å². The molecule has 0 aliphatic carbocycles. The van der Waals surface area contributed by atoms with Crippen LogP contribution in [0.15, 0.2) is 12.3 Å². The molecule has 1 aliphatic rings. The van der Waals surface area contributed by atoms with Crippen LogP contribution in [0.1, 0.15) is 6.92 Å². The van der Waals surface area contributed by atoms with Gasteiger partial charge in [-0.3, -0.25) is 0 Å². The third-order valence-corrected chi connectivity index (χ3v) is 1.80. The predicted molar refractivity (Wildman–Crippen MR) is 38.4 cm³/mol. The quantitative estimate of drug-likeness (QED) is 0.677. The Balaban J connectivity index is 1.91. The Labute approximate surface area is 64.5 Å². The average molecular weight is 154 g/mol. The van der Waals surface area contributed by atoms with Crippen molar-refractivity contribution in [3.63, 3.8) is 0 Å². The van der Waals surface area contributed by atoms with Crippen LogP contribution in [0.5, 0.6) is 5.88 Å². The molecular weight excluding hydrogens is 144 g/mol. The van der Waals surface area contributed by atoms with Crippen molar-refractivity contribution in [1.82, 2.24) is 10.2 Å². The van der Waals surface area contributed by atoms with E-state index in [1.165, 1.54) is 0 Å². The fourth-order valence-corrected chi connectivity index (χ4v) is 0.969. The summed E-state index contributed by atoms with van der Waals surface area (Å²) in [7, 11) is 0. The molecule has 2 heterocycles. The lowest BCUT2D eigenvalue weighted by Gasteiger charge is -2.33. The van der Waals surface area contributed by atoms with E-state index in [4.69, 9.17) is 9.47 Å². The van der Waals surface area contributed by atoms with Crippen molar-refractivity contribution in [3.8, 4) is 5.88 Å². The molecule has 0 radical (unpaired) electrons. The molecule has 1 aliphatic heterocycles. The lowest BCUT2D eigenvalue weighted by Crippen LogP contribution is -2.46. The Morgan fingerprint density at radius 3 is 3.18 bits per heavy atom. The van der Waals surface area contributed by atoms with Gasteiger partial charge >= 0.3 is 0 Å². The molecule has 1 aromatic heterocycles. The van der Waals surface area contributed by atoms with E-state index in [9.17, 15) is 0 Å². The fraction of sp³-hybridized carbons (Fsp3) is 0.571. The lowest BCUT2D eigenvalue weighted by atomic mass is 10.2. The maximum absolute atomic E-state index is 5.46. The van der Waals surface area contributed by atoms with E-state index in [-0.39, 0.29) is 12.2 Å². The number of nitrogens with zero attached hydrogens (tertiary/aromatic N) is 1. The normalized spacial score (nSPS) is 29.5. The zero-order valence-corrected chi connectivity index (χ0v) is 6.28. The monoisotopic (exact) mass is 154 g/mol. The van der Waals surface area contributed by atoms with Gasteiger partial charge in [0.2, 0.25) is 5.88 Å². The van der Waals surface area contributed by atoms with E-state index in [1.807, 2.05) is 6.92 Å². The van der Waals surface area contributed by atoms with E-state index >= 15 is 0 Å². The summed E-state index contributed by atoms with van der Waals surface area (Å²) in [4.78, 5) is 0. The van der Waals surface area contributed by atoms with Gasteiger partial charge in [0.05, 0.1) is 18.9 Å². The molecule has 60 valence electrons. The second-order valence-corrected chi connectivity index (χ2v) is 2.62. The summed E-state index contributed by atoms with van der Waals surface area (Å²) in [5.74, 6) is 0.713. The summed E-state index contributed by atoms with van der Waals surface area (Å²) < 4.78 is 10.6. The summed E-state index contributed by atoms with van der Waals surface area (Å²) >= 11 is 0. The number of hydrogen-bond acceptors (Lipinski definition) is 3. The Hall–Kier alpha value is -1.03. The number of nitrogens with one attached hydrogen (secondary N) is 1. The molecule has 1 aromatic rings. The molecule has 11 heavy (non-hydrogen) atoms. The van der Waals surface area contributed by atoms with Crippen LogP contribution in [0, 0.1) is 0 Å². The molecule has 4 heteroatoms. The smallest absolute Gasteiger partial charge is 0.209 e. The van der Waals surface area contributed by atoms with Crippen molar-refractivity contribution >= 4 is 0 Å². The van der Waals surface area contributed by atoms with Gasteiger partial charge in [0.25, 0.3) is 0 Å². The zero-order chi connectivity index (χ0) is 7.68. The number of aromatic amines is 1. The van der Waals surface area contributed by atoms with Crippen molar-refractivity contribution in [2.45, 2.75) is 19.1 Å². The zero-order valence-electron chi connectivity index (χ0n) is 6.28. The van der Waals surface area contributed by atoms with Crippen LogP contribution in [-0.2, 0) is 4.74 Å². The highest BCUT2D eigenvalue weighted by molar-refractivity contribution is 5.05. The Bertz CT molecular complexity index is 222. The van der Waals surface area contributed by atoms with E-state index in [2.05, 4.69) is 10.2 Å². The van der Waals surface area contributed by atoms with Crippen molar-refractivity contribution < 1.29 is 9.47 Å². The van der Waals surface area contributed by atoms with Crippen LogP contribution < -0.4 is 4.74 Å². The first-order valence-corrected chi connectivity index (χ1v) is 3.64. The molecule has 0 spiro atoms. The van der Waals surface area contributed by atoms with Crippen molar-refractivity contribution in [3.05, 3.63) is 12.3 Å². The third-order valence-electron chi connectivity index (χ3n) is 1.80. The SMILES string of the molecule is C[C@@H]1OC[C@H]1Oc1ccn[nH]1. The minimum Gasteiger partial charge on any atom is -0.469 e. The molecule has 0 amide bonds. The van der Waals surface area contributed by atoms with Gasteiger partial charge in [-0.1, -0.05) is 0 Å². The number of hydrogen-bond donors (Lipinski definition) is 1. The van der Waals surface area contributed by atoms with Crippen LogP contribution >= 0.6 is 0 Å². The highest BCUT2D eigenvalue weighted by Crippen LogP contribution is 2.17. The molecule has 1 fully saturated rings. The van der Waals surface area contributed by atoms with Crippen LogP contribution in [-0.4, -0.2) is 29.0 Å². The maximum Gasteiger partial charge on any atom is 0.209 e. The molecule has 2 rings (SSSR count). The first-order chi connectivity index (χ1) is 5.36. The van der Waals surface area contributed by atoms with Gasteiger partial charge in [-0.15, -0.1) is 0 Å². The minimum atomic E-state index is 0.190. The summed E-state index contributed by atoms with van der Waals surface area (Å²) in [6.45, 7) is 2.67. The second kappa shape index (κ2) is 2.54. The summed E-state index contributed by atoms with van der Waals surface area (Å²) in [5.41, 5.74) is 0. The number of ether oxygens (including phenoxy) is 2. The Kier molecular flexibility index (Phi) is 1.54. The molecule has 0 unspecified atom stereocenters. The molecule has 0 saturated carbocycles. The largest absolute Gasteiger partial charge is 0.469 e. The first-order valence-electron chi connectivity index (χ1n) is 3.64. The summed E-state index contributed by atoms with van der Waals surface area (Å²) in [6, 6.07) is 1.80. The molecule has 1 saturated heterocycles. The average Bonchev–Trinajstić information content (AvgIpc) is 2.49. The van der Waals surface area contributed by atoms with Crippen molar-refractivity contribution in [1.29, 1.82) is 0 Å². The predicted octanol–water partition coefficient (Wildman–Crippen LogP) is 0.576. The first kappa shape index (κ1) is 6.67. The topological polar surface area (TPSA) is 47.1 Å². The number of rotatable bonds is 2. The summed E-state index contributed by atoms with van der Waals surface area (Å²) in [5, 5.41) is 6.50. The maximum atomic E-state index is 5.46. The van der Waals surface area contributed by atoms with E-state index in [1.54, 1.807) is 12.3 Å². The lowest BCUT2D eigenvalue weighted by molar-refractivity contribution is -0.140. The van der Waals surface area contributed by atoms with Gasteiger partial charge in [0, 0.05) is 6.07 Å². The minimum absolute atomic E-state index is 0.190.